The van der Waals surface area contributed by atoms with Crippen molar-refractivity contribution in [2.24, 2.45) is 0 Å². The first-order chi connectivity index (χ1) is 13.4. The van der Waals surface area contributed by atoms with Gasteiger partial charge in [0.2, 0.25) is 0 Å². The Morgan fingerprint density at radius 2 is 1.71 bits per heavy atom. The number of phenols is 1. The van der Waals surface area contributed by atoms with E-state index in [0.717, 1.165) is 17.5 Å². The molecule has 2 heterocycles. The fourth-order valence-electron chi connectivity index (χ4n) is 3.64. The molecular formula is C21H19F3N2O2. The predicted octanol–water partition coefficient (Wildman–Crippen LogP) is 4.38. The molecule has 0 amide bonds. The van der Waals surface area contributed by atoms with E-state index < -0.39 is 17.8 Å². The highest BCUT2D eigenvalue weighted by molar-refractivity contribution is 5.85. The Kier molecular flexibility index (Phi) is 4.95. The first-order valence-corrected chi connectivity index (χ1v) is 9.01. The van der Waals surface area contributed by atoms with Crippen LogP contribution in [-0.4, -0.2) is 41.3 Å². The van der Waals surface area contributed by atoms with Gasteiger partial charge in [0.15, 0.2) is 0 Å². The average Bonchev–Trinajstić information content (AvgIpc) is 2.71. The van der Waals surface area contributed by atoms with Gasteiger partial charge < -0.3 is 9.84 Å². The van der Waals surface area contributed by atoms with Gasteiger partial charge in [-0.2, -0.15) is 13.2 Å². The van der Waals surface area contributed by atoms with Crippen molar-refractivity contribution >= 4 is 10.9 Å². The minimum Gasteiger partial charge on any atom is -0.505 e. The third-order valence-corrected chi connectivity index (χ3v) is 5.04. The van der Waals surface area contributed by atoms with E-state index in [1.807, 2.05) is 18.2 Å². The molecule has 1 saturated heterocycles. The van der Waals surface area contributed by atoms with Gasteiger partial charge >= 0.3 is 6.18 Å². The Labute approximate surface area is 160 Å². The molecule has 0 bridgehead atoms. The van der Waals surface area contributed by atoms with Crippen LogP contribution in [0.3, 0.4) is 0 Å². The summed E-state index contributed by atoms with van der Waals surface area (Å²) in [5.74, 6) is 0.0505. The third kappa shape index (κ3) is 3.55. The molecule has 1 atom stereocenters. The SMILES string of the molecule is Oc1c([C@H](c2ccc(C(F)(F)F)cc2)N2CCOCC2)ccc2cccnc12. The van der Waals surface area contributed by atoms with Gasteiger partial charge in [-0.25, -0.2) is 0 Å². The molecule has 1 aliphatic heterocycles. The van der Waals surface area contributed by atoms with Crippen LogP contribution in [0.15, 0.2) is 54.7 Å². The van der Waals surface area contributed by atoms with Crippen molar-refractivity contribution in [3.63, 3.8) is 0 Å². The number of pyridine rings is 1. The molecular weight excluding hydrogens is 369 g/mol. The van der Waals surface area contributed by atoms with E-state index in [-0.39, 0.29) is 5.75 Å². The smallest absolute Gasteiger partial charge is 0.416 e. The lowest BCUT2D eigenvalue weighted by Crippen LogP contribution is -2.39. The van der Waals surface area contributed by atoms with Crippen molar-refractivity contribution < 1.29 is 23.0 Å². The van der Waals surface area contributed by atoms with Crippen molar-refractivity contribution in [2.45, 2.75) is 12.2 Å². The Hall–Kier alpha value is -2.64. The Morgan fingerprint density at radius 1 is 1.00 bits per heavy atom. The lowest BCUT2D eigenvalue weighted by atomic mass is 9.94. The Balaban J connectivity index is 1.81. The summed E-state index contributed by atoms with van der Waals surface area (Å²) in [5, 5.41) is 11.7. The highest BCUT2D eigenvalue weighted by Crippen LogP contribution is 2.39. The van der Waals surface area contributed by atoms with E-state index in [2.05, 4.69) is 9.88 Å². The number of hydrogen-bond donors (Lipinski definition) is 1. The number of fused-ring (bicyclic) bond motifs is 1. The minimum atomic E-state index is -4.39. The number of alkyl halides is 3. The van der Waals surface area contributed by atoms with Crippen molar-refractivity contribution in [1.82, 2.24) is 9.88 Å². The first-order valence-electron chi connectivity index (χ1n) is 9.01. The van der Waals surface area contributed by atoms with E-state index in [0.29, 0.717) is 42.9 Å². The van der Waals surface area contributed by atoms with Gasteiger partial charge in [-0.15, -0.1) is 0 Å². The number of rotatable bonds is 3. The van der Waals surface area contributed by atoms with E-state index in [4.69, 9.17) is 4.74 Å². The van der Waals surface area contributed by atoms with Crippen LogP contribution in [0.4, 0.5) is 13.2 Å². The lowest BCUT2D eigenvalue weighted by Gasteiger charge is -2.35. The van der Waals surface area contributed by atoms with Gasteiger partial charge in [-0.1, -0.05) is 30.3 Å². The summed E-state index contributed by atoms with van der Waals surface area (Å²) in [5.41, 5.74) is 1.08. The summed E-state index contributed by atoms with van der Waals surface area (Å²) < 4.78 is 44.3. The summed E-state index contributed by atoms with van der Waals surface area (Å²) in [6.45, 7) is 2.30. The highest BCUT2D eigenvalue weighted by Gasteiger charge is 2.32. The van der Waals surface area contributed by atoms with Crippen LogP contribution in [0.2, 0.25) is 0 Å². The zero-order valence-corrected chi connectivity index (χ0v) is 15.0. The van der Waals surface area contributed by atoms with Crippen molar-refractivity contribution in [3.8, 4) is 5.75 Å². The zero-order valence-electron chi connectivity index (χ0n) is 15.0. The summed E-state index contributed by atoms with van der Waals surface area (Å²) >= 11 is 0. The molecule has 1 aromatic heterocycles. The van der Waals surface area contributed by atoms with Crippen LogP contribution in [0.5, 0.6) is 5.75 Å². The molecule has 28 heavy (non-hydrogen) atoms. The van der Waals surface area contributed by atoms with Crippen molar-refractivity contribution in [2.75, 3.05) is 26.3 Å². The molecule has 0 aliphatic carbocycles. The van der Waals surface area contributed by atoms with E-state index in [1.165, 1.54) is 12.1 Å². The Morgan fingerprint density at radius 3 is 2.39 bits per heavy atom. The first kappa shape index (κ1) is 18.7. The van der Waals surface area contributed by atoms with Crippen molar-refractivity contribution in [3.05, 3.63) is 71.4 Å². The van der Waals surface area contributed by atoms with Gasteiger partial charge in [0, 0.05) is 30.2 Å². The summed E-state index contributed by atoms with van der Waals surface area (Å²) in [6.07, 6.45) is -2.78. The highest BCUT2D eigenvalue weighted by atomic mass is 19.4. The molecule has 0 radical (unpaired) electrons. The number of nitrogens with zero attached hydrogens (tertiary/aromatic N) is 2. The maximum atomic E-state index is 13.0. The van der Waals surface area contributed by atoms with Crippen LogP contribution >= 0.6 is 0 Å². The van der Waals surface area contributed by atoms with Gasteiger partial charge in [0.25, 0.3) is 0 Å². The maximum absolute atomic E-state index is 13.0. The zero-order chi connectivity index (χ0) is 19.7. The molecule has 0 saturated carbocycles. The monoisotopic (exact) mass is 388 g/mol. The van der Waals surface area contributed by atoms with Crippen molar-refractivity contribution in [1.29, 1.82) is 0 Å². The molecule has 1 fully saturated rings. The molecule has 4 rings (SSSR count). The molecule has 146 valence electrons. The van der Waals surface area contributed by atoms with Gasteiger partial charge in [0.05, 0.1) is 24.8 Å². The van der Waals surface area contributed by atoms with Crippen LogP contribution in [0, 0.1) is 0 Å². The topological polar surface area (TPSA) is 45.6 Å². The minimum absolute atomic E-state index is 0.0505. The Bertz CT molecular complexity index is 968. The maximum Gasteiger partial charge on any atom is 0.416 e. The normalized spacial score (nSPS) is 17.0. The molecule has 3 aromatic rings. The summed E-state index contributed by atoms with van der Waals surface area (Å²) in [6, 6.07) is 12.1. The molecule has 0 spiro atoms. The molecule has 1 aliphatic rings. The predicted molar refractivity (Wildman–Crippen MR) is 99.1 cm³/mol. The third-order valence-electron chi connectivity index (χ3n) is 5.04. The van der Waals surface area contributed by atoms with Gasteiger partial charge in [-0.3, -0.25) is 9.88 Å². The lowest BCUT2D eigenvalue weighted by molar-refractivity contribution is -0.137. The molecule has 2 aromatic carbocycles. The second kappa shape index (κ2) is 7.41. The van der Waals surface area contributed by atoms with Gasteiger partial charge in [-0.05, 0) is 23.8 Å². The number of hydrogen-bond acceptors (Lipinski definition) is 4. The molecule has 0 unspecified atom stereocenters. The second-order valence-corrected chi connectivity index (χ2v) is 6.75. The average molecular weight is 388 g/mol. The van der Waals surface area contributed by atoms with E-state index in [9.17, 15) is 18.3 Å². The van der Waals surface area contributed by atoms with Crippen LogP contribution < -0.4 is 0 Å². The van der Waals surface area contributed by atoms with E-state index >= 15 is 0 Å². The molecule has 1 N–H and O–H groups in total. The number of aromatic hydroxyl groups is 1. The fraction of sp³-hybridized carbons (Fsp3) is 0.286. The van der Waals surface area contributed by atoms with Crippen LogP contribution in [0.1, 0.15) is 22.7 Å². The second-order valence-electron chi connectivity index (χ2n) is 6.75. The number of halogens is 3. The van der Waals surface area contributed by atoms with Crippen LogP contribution in [0.25, 0.3) is 10.9 Å². The number of morpholine rings is 1. The quantitative estimate of drug-likeness (QED) is 0.723. The molecule has 7 heteroatoms. The van der Waals surface area contributed by atoms with Crippen LogP contribution in [-0.2, 0) is 10.9 Å². The number of aromatic nitrogens is 1. The number of phenolic OH excluding ortho intramolecular Hbond substituents is 1. The number of ether oxygens (including phenoxy) is 1. The van der Waals surface area contributed by atoms with Gasteiger partial charge in [0.1, 0.15) is 11.3 Å². The van der Waals surface area contributed by atoms with E-state index in [1.54, 1.807) is 12.3 Å². The standard InChI is InChI=1S/C21H19F3N2O2/c22-21(23,24)16-6-3-15(4-7-16)19(26-10-12-28-13-11-26)17-8-5-14-2-1-9-25-18(14)20(17)27/h1-9,19,27H,10-13H2/t19-/m0/s1. The largest absolute Gasteiger partial charge is 0.505 e. The summed E-state index contributed by atoms with van der Waals surface area (Å²) in [4.78, 5) is 6.37. The number of benzene rings is 2. The fourth-order valence-corrected chi connectivity index (χ4v) is 3.64. The summed E-state index contributed by atoms with van der Waals surface area (Å²) in [7, 11) is 0. The molecule has 4 nitrogen and oxygen atoms in total.